The molecular formula is C58H40N6. The van der Waals surface area contributed by atoms with Gasteiger partial charge in [-0.25, -0.2) is 19.9 Å². The summed E-state index contributed by atoms with van der Waals surface area (Å²) in [6, 6.07) is 53.8. The first-order valence-electron chi connectivity index (χ1n) is 22.1. The molecule has 14 rings (SSSR count). The van der Waals surface area contributed by atoms with Gasteiger partial charge in [0.1, 0.15) is 23.7 Å². The van der Waals surface area contributed by atoms with Crippen molar-refractivity contribution in [1.29, 1.82) is 0 Å². The topological polar surface area (TPSA) is 61.4 Å². The molecule has 6 heteroatoms. The molecule has 0 saturated heterocycles. The van der Waals surface area contributed by atoms with Crippen molar-refractivity contribution in [2.75, 3.05) is 0 Å². The van der Waals surface area contributed by atoms with Gasteiger partial charge >= 0.3 is 0 Å². The fraction of sp³-hybridized carbons (Fsp3) is 0.103. The summed E-state index contributed by atoms with van der Waals surface area (Å²) in [4.78, 5) is 19.2. The van der Waals surface area contributed by atoms with Crippen LogP contribution in [0.3, 0.4) is 0 Å². The van der Waals surface area contributed by atoms with E-state index in [9.17, 15) is 0 Å². The van der Waals surface area contributed by atoms with E-state index in [1.54, 1.807) is 12.7 Å². The number of hydrogen-bond acceptors (Lipinski definition) is 4. The van der Waals surface area contributed by atoms with Gasteiger partial charge in [0.05, 0.1) is 45.8 Å². The van der Waals surface area contributed by atoms with E-state index in [-0.39, 0.29) is 10.8 Å². The number of hydrogen-bond donors (Lipinski definition) is 0. The second kappa shape index (κ2) is 12.4. The van der Waals surface area contributed by atoms with Crippen molar-refractivity contribution in [3.8, 4) is 44.8 Å². The molecule has 0 spiro atoms. The standard InChI is InChI=1S/C58H40N6/c1-57(2)43-20-9-7-14-37(43)41-24-27-47-51(53(41)57)55-49(29-59-31-61-55)63(47)45-22-12-18-35-33(17-11-19-40(35)45)36-23-26-46(39-16-6-5-13-34(36)39)64-48-28-25-42-38-15-8-10-21-44(38)58(3,4)54(42)52(48)56-50(64)30-60-32-62-56/h5-32H,1-4H3. The molecule has 6 nitrogen and oxygen atoms in total. The third-order valence-corrected chi connectivity index (χ3v) is 14.8. The van der Waals surface area contributed by atoms with Gasteiger partial charge in [0, 0.05) is 32.4 Å². The molecule has 0 aliphatic heterocycles. The summed E-state index contributed by atoms with van der Waals surface area (Å²) in [5, 5.41) is 7.08. The maximum Gasteiger partial charge on any atom is 0.116 e. The van der Waals surface area contributed by atoms with Crippen molar-refractivity contribution in [1.82, 2.24) is 29.1 Å². The lowest BCUT2D eigenvalue weighted by atomic mass is 9.81. The number of fused-ring (bicyclic) bond motifs is 16. The zero-order chi connectivity index (χ0) is 42.6. The monoisotopic (exact) mass is 820 g/mol. The fourth-order valence-electron chi connectivity index (χ4n) is 12.1. The minimum Gasteiger partial charge on any atom is -0.306 e. The van der Waals surface area contributed by atoms with Crippen molar-refractivity contribution in [2.45, 2.75) is 38.5 Å². The zero-order valence-electron chi connectivity index (χ0n) is 35.8. The van der Waals surface area contributed by atoms with Crippen LogP contribution in [0.15, 0.2) is 171 Å². The van der Waals surface area contributed by atoms with Crippen molar-refractivity contribution >= 4 is 65.4 Å². The van der Waals surface area contributed by atoms with Crippen molar-refractivity contribution in [3.05, 3.63) is 193 Å². The molecule has 8 aromatic carbocycles. The Kier molecular flexibility index (Phi) is 6.88. The highest BCUT2D eigenvalue weighted by Crippen LogP contribution is 2.55. The van der Waals surface area contributed by atoms with Gasteiger partial charge in [-0.3, -0.25) is 0 Å². The van der Waals surface area contributed by atoms with Crippen LogP contribution < -0.4 is 0 Å². The molecule has 0 bridgehead atoms. The predicted octanol–water partition coefficient (Wildman–Crippen LogP) is 14.0. The van der Waals surface area contributed by atoms with Crippen LogP contribution in [0.4, 0.5) is 0 Å². The van der Waals surface area contributed by atoms with E-state index in [2.05, 4.69) is 192 Å². The molecule has 2 aliphatic rings. The van der Waals surface area contributed by atoms with Crippen LogP contribution in [0.2, 0.25) is 0 Å². The quantitative estimate of drug-likeness (QED) is 0.178. The molecule has 2 aliphatic carbocycles. The van der Waals surface area contributed by atoms with E-state index in [1.807, 2.05) is 12.4 Å². The van der Waals surface area contributed by atoms with Gasteiger partial charge in [0.25, 0.3) is 0 Å². The Bertz CT molecular complexity index is 3820. The molecular weight excluding hydrogens is 781 g/mol. The lowest BCUT2D eigenvalue weighted by molar-refractivity contribution is 0.666. The molecule has 0 fully saturated rings. The largest absolute Gasteiger partial charge is 0.306 e. The lowest BCUT2D eigenvalue weighted by Gasteiger charge is -2.22. The van der Waals surface area contributed by atoms with Crippen molar-refractivity contribution in [3.63, 3.8) is 0 Å². The molecule has 12 aromatic rings. The van der Waals surface area contributed by atoms with Gasteiger partial charge in [0.2, 0.25) is 0 Å². The van der Waals surface area contributed by atoms with Gasteiger partial charge < -0.3 is 9.13 Å². The minimum absolute atomic E-state index is 0.191. The summed E-state index contributed by atoms with van der Waals surface area (Å²) in [5.74, 6) is 0. The maximum atomic E-state index is 5.00. The zero-order valence-corrected chi connectivity index (χ0v) is 35.8. The van der Waals surface area contributed by atoms with Gasteiger partial charge in [-0.1, -0.05) is 149 Å². The molecule has 0 saturated carbocycles. The number of rotatable bonds is 3. The Labute approximate surface area is 369 Å². The maximum absolute atomic E-state index is 5.00. The van der Waals surface area contributed by atoms with Gasteiger partial charge in [0.15, 0.2) is 0 Å². The molecule has 64 heavy (non-hydrogen) atoms. The molecule has 4 heterocycles. The van der Waals surface area contributed by atoms with Crippen LogP contribution >= 0.6 is 0 Å². The highest BCUT2D eigenvalue weighted by Gasteiger charge is 2.40. The van der Waals surface area contributed by atoms with E-state index in [0.29, 0.717) is 0 Å². The fourth-order valence-corrected chi connectivity index (χ4v) is 12.1. The first-order chi connectivity index (χ1) is 31.3. The Morgan fingerprint density at radius 1 is 0.359 bits per heavy atom. The number of nitrogens with zero attached hydrogens (tertiary/aromatic N) is 6. The van der Waals surface area contributed by atoms with Crippen LogP contribution in [-0.4, -0.2) is 29.1 Å². The molecule has 0 N–H and O–H groups in total. The van der Waals surface area contributed by atoms with E-state index in [4.69, 9.17) is 9.97 Å². The molecule has 0 amide bonds. The molecule has 4 aromatic heterocycles. The van der Waals surface area contributed by atoms with Crippen LogP contribution in [0, 0.1) is 0 Å². The molecule has 0 atom stereocenters. The van der Waals surface area contributed by atoms with Gasteiger partial charge in [-0.2, -0.15) is 0 Å². The van der Waals surface area contributed by atoms with E-state index < -0.39 is 0 Å². The Balaban J connectivity index is 0.985. The Hall–Kier alpha value is -7.96. The third-order valence-electron chi connectivity index (χ3n) is 14.8. The molecule has 0 unspecified atom stereocenters. The first kappa shape index (κ1) is 35.6. The van der Waals surface area contributed by atoms with Gasteiger partial charge in [-0.05, 0) is 90.7 Å². The van der Waals surface area contributed by atoms with Crippen molar-refractivity contribution in [2.24, 2.45) is 0 Å². The van der Waals surface area contributed by atoms with E-state index >= 15 is 0 Å². The molecule has 0 radical (unpaired) electrons. The summed E-state index contributed by atoms with van der Waals surface area (Å²) >= 11 is 0. The lowest BCUT2D eigenvalue weighted by Crippen LogP contribution is -2.15. The average molecular weight is 821 g/mol. The number of aromatic nitrogens is 6. The van der Waals surface area contributed by atoms with Crippen LogP contribution in [0.5, 0.6) is 0 Å². The SMILES string of the molecule is CC1(C)c2ccccc2-c2ccc3c(c21)c1ncncc1n3-c1cccc2c(-c3ccc(-n4c5cncnc5c5c6c(ccc54)-c4ccccc4C6(C)C)c4ccccc34)cccc12. The first-order valence-corrected chi connectivity index (χ1v) is 22.1. The average Bonchev–Trinajstić information content (AvgIpc) is 3.99. The second-order valence-corrected chi connectivity index (χ2v) is 18.6. The van der Waals surface area contributed by atoms with Crippen LogP contribution in [0.1, 0.15) is 49.9 Å². The summed E-state index contributed by atoms with van der Waals surface area (Å²) in [5.41, 5.74) is 20.9. The Morgan fingerprint density at radius 2 is 0.781 bits per heavy atom. The van der Waals surface area contributed by atoms with Crippen molar-refractivity contribution < 1.29 is 0 Å². The Morgan fingerprint density at radius 3 is 1.36 bits per heavy atom. The number of benzene rings is 8. The van der Waals surface area contributed by atoms with Crippen LogP contribution in [-0.2, 0) is 10.8 Å². The predicted molar refractivity (Wildman–Crippen MR) is 262 cm³/mol. The second-order valence-electron chi connectivity index (χ2n) is 18.6. The highest BCUT2D eigenvalue weighted by molar-refractivity contribution is 6.17. The van der Waals surface area contributed by atoms with E-state index in [0.717, 1.165) is 55.2 Å². The van der Waals surface area contributed by atoms with E-state index in [1.165, 1.54) is 77.2 Å². The summed E-state index contributed by atoms with van der Waals surface area (Å²) in [6.45, 7) is 9.40. The minimum atomic E-state index is -0.191. The summed E-state index contributed by atoms with van der Waals surface area (Å²) < 4.78 is 4.77. The van der Waals surface area contributed by atoms with Crippen LogP contribution in [0.25, 0.3) is 110 Å². The molecule has 302 valence electrons. The third kappa shape index (κ3) is 4.39. The summed E-state index contributed by atoms with van der Waals surface area (Å²) in [6.07, 6.45) is 7.34. The highest BCUT2D eigenvalue weighted by atomic mass is 15.0. The summed E-state index contributed by atoms with van der Waals surface area (Å²) in [7, 11) is 0. The smallest absolute Gasteiger partial charge is 0.116 e. The van der Waals surface area contributed by atoms with Gasteiger partial charge in [-0.15, -0.1) is 0 Å². The normalized spacial score (nSPS) is 14.5.